The number of carbonyl (C=O) groups excluding carboxylic acids is 1. The van der Waals surface area contributed by atoms with Crippen LogP contribution < -0.4 is 5.32 Å². The molecule has 22 heavy (non-hydrogen) atoms. The van der Waals surface area contributed by atoms with Crippen LogP contribution in [0.4, 0.5) is 4.79 Å². The number of urea groups is 1. The zero-order valence-electron chi connectivity index (χ0n) is 13.3. The maximum Gasteiger partial charge on any atom is 0.317 e. The van der Waals surface area contributed by atoms with Gasteiger partial charge in [-0.1, -0.05) is 17.7 Å². The highest BCUT2D eigenvalue weighted by molar-refractivity contribution is 5.74. The smallest absolute Gasteiger partial charge is 0.317 e. The monoisotopic (exact) mass is 302 g/mol. The van der Waals surface area contributed by atoms with Gasteiger partial charge in [0, 0.05) is 31.6 Å². The number of amides is 2. The molecule has 0 aliphatic rings. The first kappa shape index (κ1) is 16.0. The van der Waals surface area contributed by atoms with Crippen molar-refractivity contribution in [1.82, 2.24) is 20.4 Å². The standard InChI is InChI=1S/C16H22N4O2/c1-4-20(5-2)16(21)17-10-9-14-18-19-15(22-14)13-8-6-7-12(3)11-13/h6-8,11H,4-5,9-10H2,1-3H3,(H,17,21). The molecule has 0 saturated carbocycles. The molecule has 0 unspecified atom stereocenters. The minimum absolute atomic E-state index is 0.0663. The zero-order chi connectivity index (χ0) is 15.9. The fraction of sp³-hybridized carbons (Fsp3) is 0.438. The van der Waals surface area contributed by atoms with Crippen LogP contribution in [-0.4, -0.2) is 40.8 Å². The van der Waals surface area contributed by atoms with E-state index in [1.165, 1.54) is 0 Å². The topological polar surface area (TPSA) is 71.3 Å². The highest BCUT2D eigenvalue weighted by Gasteiger charge is 2.11. The van der Waals surface area contributed by atoms with E-state index in [4.69, 9.17) is 4.42 Å². The summed E-state index contributed by atoms with van der Waals surface area (Å²) in [6, 6.07) is 7.84. The van der Waals surface area contributed by atoms with E-state index in [-0.39, 0.29) is 6.03 Å². The lowest BCUT2D eigenvalue weighted by molar-refractivity contribution is 0.203. The summed E-state index contributed by atoms with van der Waals surface area (Å²) in [5.41, 5.74) is 2.05. The highest BCUT2D eigenvalue weighted by Crippen LogP contribution is 2.18. The third-order valence-electron chi connectivity index (χ3n) is 3.40. The molecule has 118 valence electrons. The van der Waals surface area contributed by atoms with Gasteiger partial charge in [0.2, 0.25) is 11.8 Å². The predicted octanol–water partition coefficient (Wildman–Crippen LogP) is 2.64. The van der Waals surface area contributed by atoms with Crippen LogP contribution in [0.1, 0.15) is 25.3 Å². The molecule has 0 fully saturated rings. The second-order valence-electron chi connectivity index (χ2n) is 5.02. The van der Waals surface area contributed by atoms with E-state index in [1.54, 1.807) is 4.90 Å². The molecule has 1 heterocycles. The minimum Gasteiger partial charge on any atom is -0.421 e. The Morgan fingerprint density at radius 1 is 1.27 bits per heavy atom. The van der Waals surface area contributed by atoms with Gasteiger partial charge < -0.3 is 14.6 Å². The number of rotatable bonds is 6. The largest absolute Gasteiger partial charge is 0.421 e. The van der Waals surface area contributed by atoms with Gasteiger partial charge in [-0.25, -0.2) is 4.79 Å². The van der Waals surface area contributed by atoms with Crippen LogP contribution in [0, 0.1) is 6.92 Å². The molecular weight excluding hydrogens is 280 g/mol. The van der Waals surface area contributed by atoms with E-state index in [2.05, 4.69) is 15.5 Å². The van der Waals surface area contributed by atoms with E-state index in [1.807, 2.05) is 45.0 Å². The van der Waals surface area contributed by atoms with E-state index in [9.17, 15) is 4.79 Å². The Balaban J connectivity index is 1.89. The molecule has 1 N–H and O–H groups in total. The molecule has 0 atom stereocenters. The maximum absolute atomic E-state index is 11.8. The first-order valence-electron chi connectivity index (χ1n) is 7.56. The Morgan fingerprint density at radius 3 is 2.73 bits per heavy atom. The summed E-state index contributed by atoms with van der Waals surface area (Å²) in [7, 11) is 0. The number of aromatic nitrogens is 2. The summed E-state index contributed by atoms with van der Waals surface area (Å²) in [5, 5.41) is 10.9. The molecule has 1 aromatic heterocycles. The lowest BCUT2D eigenvalue weighted by atomic mass is 10.1. The van der Waals surface area contributed by atoms with Crippen LogP contribution in [0.2, 0.25) is 0 Å². The fourth-order valence-electron chi connectivity index (χ4n) is 2.15. The van der Waals surface area contributed by atoms with E-state index in [0.717, 1.165) is 11.1 Å². The van der Waals surface area contributed by atoms with Gasteiger partial charge in [-0.3, -0.25) is 0 Å². The number of hydrogen-bond donors (Lipinski definition) is 1. The molecule has 0 aliphatic heterocycles. The van der Waals surface area contributed by atoms with Crippen LogP contribution in [0.15, 0.2) is 28.7 Å². The van der Waals surface area contributed by atoms with Gasteiger partial charge in [0.15, 0.2) is 0 Å². The van der Waals surface area contributed by atoms with Crippen molar-refractivity contribution in [3.63, 3.8) is 0 Å². The average Bonchev–Trinajstić information content (AvgIpc) is 2.97. The van der Waals surface area contributed by atoms with Gasteiger partial charge in [-0.05, 0) is 32.9 Å². The quantitative estimate of drug-likeness (QED) is 0.890. The fourth-order valence-corrected chi connectivity index (χ4v) is 2.15. The number of nitrogens with one attached hydrogen (secondary N) is 1. The van der Waals surface area contributed by atoms with Crippen LogP contribution >= 0.6 is 0 Å². The van der Waals surface area contributed by atoms with Crippen molar-refractivity contribution in [3.05, 3.63) is 35.7 Å². The summed E-state index contributed by atoms with van der Waals surface area (Å²) in [5.74, 6) is 1.03. The molecule has 2 amide bonds. The second-order valence-corrected chi connectivity index (χ2v) is 5.02. The first-order valence-corrected chi connectivity index (χ1v) is 7.56. The molecule has 2 aromatic rings. The van der Waals surface area contributed by atoms with Crippen molar-refractivity contribution in [3.8, 4) is 11.5 Å². The number of carbonyl (C=O) groups is 1. The van der Waals surface area contributed by atoms with Crippen molar-refractivity contribution in [2.24, 2.45) is 0 Å². The third-order valence-corrected chi connectivity index (χ3v) is 3.40. The third kappa shape index (κ3) is 4.07. The number of nitrogens with zero attached hydrogens (tertiary/aromatic N) is 3. The lowest BCUT2D eigenvalue weighted by Crippen LogP contribution is -2.40. The van der Waals surface area contributed by atoms with Gasteiger partial charge in [-0.15, -0.1) is 10.2 Å². The average molecular weight is 302 g/mol. The zero-order valence-corrected chi connectivity index (χ0v) is 13.3. The summed E-state index contributed by atoms with van der Waals surface area (Å²) >= 11 is 0. The molecule has 0 aliphatic carbocycles. The Kier molecular flexibility index (Phi) is 5.52. The van der Waals surface area contributed by atoms with Crippen LogP contribution in [0.5, 0.6) is 0 Å². The van der Waals surface area contributed by atoms with Gasteiger partial charge in [-0.2, -0.15) is 0 Å². The molecule has 1 aromatic carbocycles. The normalized spacial score (nSPS) is 10.5. The van der Waals surface area contributed by atoms with Gasteiger partial charge in [0.1, 0.15) is 0 Å². The van der Waals surface area contributed by atoms with Crippen molar-refractivity contribution in [2.45, 2.75) is 27.2 Å². The second kappa shape index (κ2) is 7.59. The SMILES string of the molecule is CCN(CC)C(=O)NCCc1nnc(-c2cccc(C)c2)o1. The van der Waals surface area contributed by atoms with Gasteiger partial charge >= 0.3 is 6.03 Å². The van der Waals surface area contributed by atoms with Crippen LogP contribution in [0.25, 0.3) is 11.5 Å². The first-order chi connectivity index (χ1) is 10.6. The van der Waals surface area contributed by atoms with Gasteiger partial charge in [0.05, 0.1) is 0 Å². The van der Waals surface area contributed by atoms with Crippen LogP contribution in [-0.2, 0) is 6.42 Å². The number of benzene rings is 1. The van der Waals surface area contributed by atoms with Crippen molar-refractivity contribution in [2.75, 3.05) is 19.6 Å². The Labute approximate surface area is 130 Å². The molecule has 0 saturated heterocycles. The van der Waals surface area contributed by atoms with E-state index in [0.29, 0.717) is 37.8 Å². The van der Waals surface area contributed by atoms with E-state index < -0.39 is 0 Å². The molecule has 0 radical (unpaired) electrons. The van der Waals surface area contributed by atoms with Crippen molar-refractivity contribution >= 4 is 6.03 Å². The Bertz CT molecular complexity index is 620. The molecule has 2 rings (SSSR count). The molecular formula is C16H22N4O2. The Morgan fingerprint density at radius 2 is 2.05 bits per heavy atom. The van der Waals surface area contributed by atoms with Gasteiger partial charge in [0.25, 0.3) is 0 Å². The molecule has 0 bridgehead atoms. The minimum atomic E-state index is -0.0663. The highest BCUT2D eigenvalue weighted by atomic mass is 16.4. The molecule has 0 spiro atoms. The number of hydrogen-bond acceptors (Lipinski definition) is 4. The summed E-state index contributed by atoms with van der Waals surface area (Å²) in [6.07, 6.45) is 0.520. The summed E-state index contributed by atoms with van der Waals surface area (Å²) in [4.78, 5) is 13.5. The van der Waals surface area contributed by atoms with Crippen molar-refractivity contribution in [1.29, 1.82) is 0 Å². The van der Waals surface area contributed by atoms with Crippen molar-refractivity contribution < 1.29 is 9.21 Å². The molecule has 6 heteroatoms. The number of aryl methyl sites for hydroxylation is 1. The lowest BCUT2D eigenvalue weighted by Gasteiger charge is -2.18. The summed E-state index contributed by atoms with van der Waals surface area (Å²) < 4.78 is 5.63. The molecule has 6 nitrogen and oxygen atoms in total. The Hall–Kier alpha value is -2.37. The van der Waals surface area contributed by atoms with Crippen LogP contribution in [0.3, 0.4) is 0 Å². The maximum atomic E-state index is 11.8. The predicted molar refractivity (Wildman–Crippen MR) is 84.5 cm³/mol. The summed E-state index contributed by atoms with van der Waals surface area (Å²) in [6.45, 7) is 7.79. The van der Waals surface area contributed by atoms with E-state index >= 15 is 0 Å².